The van der Waals surface area contributed by atoms with E-state index in [-0.39, 0.29) is 16.8 Å². The second kappa shape index (κ2) is 10.3. The summed E-state index contributed by atoms with van der Waals surface area (Å²) < 4.78 is 13.7. The van der Waals surface area contributed by atoms with Gasteiger partial charge in [0, 0.05) is 23.5 Å². The number of thioether (sulfide) groups is 1. The summed E-state index contributed by atoms with van der Waals surface area (Å²) in [6.45, 7) is 0.543. The SMILES string of the molecule is O=C(CCCCCN1C(=O)/C(=C/c2cccs2)SC1=S)Nc1ccc(F)c(Cl)c1. The minimum Gasteiger partial charge on any atom is -0.326 e. The van der Waals surface area contributed by atoms with Gasteiger partial charge in [-0.3, -0.25) is 14.5 Å². The monoisotopic (exact) mass is 468 g/mol. The van der Waals surface area contributed by atoms with E-state index in [2.05, 4.69) is 5.32 Å². The van der Waals surface area contributed by atoms with Crippen molar-refractivity contribution in [1.29, 1.82) is 0 Å². The molecule has 1 aromatic carbocycles. The van der Waals surface area contributed by atoms with Crippen molar-refractivity contribution < 1.29 is 14.0 Å². The Bertz CT molecular complexity index is 947. The lowest BCUT2D eigenvalue weighted by Gasteiger charge is -2.14. The molecule has 1 aromatic heterocycles. The molecule has 152 valence electrons. The van der Waals surface area contributed by atoms with Crippen LogP contribution in [0.2, 0.25) is 5.02 Å². The highest BCUT2D eigenvalue weighted by Crippen LogP contribution is 2.33. The first kappa shape index (κ1) is 22.0. The number of benzene rings is 1. The summed E-state index contributed by atoms with van der Waals surface area (Å²) in [5.41, 5.74) is 0.469. The maximum Gasteiger partial charge on any atom is 0.266 e. The van der Waals surface area contributed by atoms with E-state index in [0.29, 0.717) is 34.3 Å². The largest absolute Gasteiger partial charge is 0.326 e. The lowest BCUT2D eigenvalue weighted by atomic mass is 10.1. The lowest BCUT2D eigenvalue weighted by Crippen LogP contribution is -2.29. The zero-order valence-corrected chi connectivity index (χ0v) is 18.5. The van der Waals surface area contributed by atoms with Gasteiger partial charge >= 0.3 is 0 Å². The zero-order chi connectivity index (χ0) is 20.8. The molecule has 0 unspecified atom stereocenters. The van der Waals surface area contributed by atoms with Gasteiger partial charge in [-0.1, -0.05) is 48.1 Å². The van der Waals surface area contributed by atoms with Crippen LogP contribution < -0.4 is 5.32 Å². The van der Waals surface area contributed by atoms with Crippen molar-refractivity contribution in [1.82, 2.24) is 4.90 Å². The van der Waals surface area contributed by atoms with Crippen LogP contribution >= 0.6 is 46.9 Å². The molecule has 1 N–H and O–H groups in total. The molecular weight excluding hydrogens is 451 g/mol. The van der Waals surface area contributed by atoms with E-state index in [1.807, 2.05) is 23.6 Å². The number of unbranched alkanes of at least 4 members (excludes halogenated alkanes) is 2. The Labute approximate surface area is 187 Å². The van der Waals surface area contributed by atoms with Gasteiger partial charge in [0.2, 0.25) is 5.91 Å². The van der Waals surface area contributed by atoms with Crippen molar-refractivity contribution in [2.45, 2.75) is 25.7 Å². The first-order valence-electron chi connectivity index (χ1n) is 8.98. The molecule has 1 fully saturated rings. The molecule has 0 spiro atoms. The molecule has 0 aliphatic carbocycles. The highest BCUT2D eigenvalue weighted by atomic mass is 35.5. The van der Waals surface area contributed by atoms with Gasteiger partial charge in [0.05, 0.1) is 9.93 Å². The first-order chi connectivity index (χ1) is 13.9. The third-order valence-electron chi connectivity index (χ3n) is 4.18. The standard InChI is InChI=1S/C20H18ClFN2O2S3/c21-15-11-13(7-8-16(15)22)23-18(25)6-2-1-3-9-24-19(26)17(29-20(24)27)12-14-5-4-10-28-14/h4-5,7-8,10-12H,1-3,6,9H2,(H,23,25)/b17-12-. The van der Waals surface area contributed by atoms with Crippen LogP contribution in [0.5, 0.6) is 0 Å². The third-order valence-corrected chi connectivity index (χ3v) is 6.67. The molecule has 0 atom stereocenters. The smallest absolute Gasteiger partial charge is 0.266 e. The van der Waals surface area contributed by atoms with Gasteiger partial charge in [0.15, 0.2) is 0 Å². The maximum atomic E-state index is 13.1. The number of hydrogen-bond donors (Lipinski definition) is 1. The van der Waals surface area contributed by atoms with Crippen molar-refractivity contribution in [3.8, 4) is 0 Å². The minimum absolute atomic E-state index is 0.0283. The summed E-state index contributed by atoms with van der Waals surface area (Å²) in [6, 6.07) is 7.97. The van der Waals surface area contributed by atoms with Crippen molar-refractivity contribution in [3.63, 3.8) is 0 Å². The minimum atomic E-state index is -0.523. The molecule has 2 aromatic rings. The van der Waals surface area contributed by atoms with Gasteiger partial charge in [-0.25, -0.2) is 4.39 Å². The molecule has 2 amide bonds. The van der Waals surface area contributed by atoms with E-state index in [1.165, 1.54) is 30.0 Å². The molecule has 0 bridgehead atoms. The molecule has 0 radical (unpaired) electrons. The number of anilines is 1. The second-order valence-corrected chi connectivity index (χ2v) is 9.40. The number of hydrogen-bond acceptors (Lipinski definition) is 5. The summed E-state index contributed by atoms with van der Waals surface area (Å²) in [7, 11) is 0. The number of carbonyl (C=O) groups excluding carboxylic acids is 2. The Morgan fingerprint density at radius 2 is 2.10 bits per heavy atom. The van der Waals surface area contributed by atoms with Gasteiger partial charge < -0.3 is 5.32 Å². The van der Waals surface area contributed by atoms with Crippen LogP contribution in [0.25, 0.3) is 6.08 Å². The van der Waals surface area contributed by atoms with Crippen LogP contribution in [0, 0.1) is 5.82 Å². The van der Waals surface area contributed by atoms with Gasteiger partial charge in [-0.15, -0.1) is 11.3 Å². The molecule has 29 heavy (non-hydrogen) atoms. The van der Waals surface area contributed by atoms with E-state index in [9.17, 15) is 14.0 Å². The number of nitrogens with one attached hydrogen (secondary N) is 1. The van der Waals surface area contributed by atoms with Crippen LogP contribution in [0.1, 0.15) is 30.6 Å². The highest BCUT2D eigenvalue weighted by Gasteiger charge is 2.31. The van der Waals surface area contributed by atoms with Crippen molar-refractivity contribution in [3.05, 3.63) is 56.3 Å². The Balaban J connectivity index is 1.39. The van der Waals surface area contributed by atoms with Gasteiger partial charge in [-0.2, -0.15) is 0 Å². The third kappa shape index (κ3) is 6.12. The Hall–Kier alpha value is -1.74. The van der Waals surface area contributed by atoms with Gasteiger partial charge in [0.1, 0.15) is 10.1 Å². The Kier molecular flexibility index (Phi) is 7.83. The molecule has 1 aliphatic rings. The number of carbonyl (C=O) groups is 2. The number of thiocarbonyl (C=S) groups is 1. The number of rotatable bonds is 8. The summed E-state index contributed by atoms with van der Waals surface area (Å²) in [5.74, 6) is -0.734. The van der Waals surface area contributed by atoms with Crippen LogP contribution in [0.3, 0.4) is 0 Å². The summed E-state index contributed by atoms with van der Waals surface area (Å²) in [6.07, 6.45) is 4.44. The molecule has 2 heterocycles. The molecule has 9 heteroatoms. The average Bonchev–Trinajstić information content (AvgIpc) is 3.28. The van der Waals surface area contributed by atoms with Gasteiger partial charge in [-0.05, 0) is 48.6 Å². The second-order valence-electron chi connectivity index (χ2n) is 6.34. The summed E-state index contributed by atoms with van der Waals surface area (Å²) in [5, 5.41) is 4.64. The van der Waals surface area contributed by atoms with Crippen molar-refractivity contribution >= 4 is 74.8 Å². The van der Waals surface area contributed by atoms with Crippen LogP contribution in [-0.4, -0.2) is 27.6 Å². The number of halogens is 2. The Morgan fingerprint density at radius 3 is 2.83 bits per heavy atom. The lowest BCUT2D eigenvalue weighted by molar-refractivity contribution is -0.122. The van der Waals surface area contributed by atoms with Crippen molar-refractivity contribution in [2.75, 3.05) is 11.9 Å². The maximum absolute atomic E-state index is 13.1. The van der Waals surface area contributed by atoms with E-state index < -0.39 is 5.82 Å². The Morgan fingerprint density at radius 1 is 1.28 bits per heavy atom. The van der Waals surface area contributed by atoms with Crippen LogP contribution in [-0.2, 0) is 9.59 Å². The predicted molar refractivity (Wildman–Crippen MR) is 123 cm³/mol. The topological polar surface area (TPSA) is 49.4 Å². The fourth-order valence-corrected chi connectivity index (χ4v) is 4.94. The van der Waals surface area contributed by atoms with E-state index in [1.54, 1.807) is 16.2 Å². The van der Waals surface area contributed by atoms with Crippen LogP contribution in [0.4, 0.5) is 10.1 Å². The number of thiophene rings is 1. The predicted octanol–water partition coefficient (Wildman–Crippen LogP) is 5.94. The quantitative estimate of drug-likeness (QED) is 0.296. The first-order valence-corrected chi connectivity index (χ1v) is 11.5. The average molecular weight is 469 g/mol. The fraction of sp³-hybridized carbons (Fsp3) is 0.250. The van der Waals surface area contributed by atoms with E-state index in [0.717, 1.165) is 17.7 Å². The van der Waals surface area contributed by atoms with E-state index >= 15 is 0 Å². The molecule has 0 saturated carbocycles. The highest BCUT2D eigenvalue weighted by molar-refractivity contribution is 8.26. The van der Waals surface area contributed by atoms with Crippen molar-refractivity contribution in [2.24, 2.45) is 0 Å². The molecule has 4 nitrogen and oxygen atoms in total. The molecular formula is C20H18ClFN2O2S3. The number of nitrogens with zero attached hydrogens (tertiary/aromatic N) is 1. The van der Waals surface area contributed by atoms with Crippen LogP contribution in [0.15, 0.2) is 40.6 Å². The zero-order valence-electron chi connectivity index (χ0n) is 15.3. The molecule has 1 saturated heterocycles. The summed E-state index contributed by atoms with van der Waals surface area (Å²) in [4.78, 5) is 27.8. The van der Waals surface area contributed by atoms with Gasteiger partial charge in [0.25, 0.3) is 5.91 Å². The normalized spacial score (nSPS) is 15.4. The summed E-state index contributed by atoms with van der Waals surface area (Å²) >= 11 is 13.9. The fourth-order valence-electron chi connectivity index (χ4n) is 2.72. The molecule has 3 rings (SSSR count). The van der Waals surface area contributed by atoms with E-state index in [4.69, 9.17) is 23.8 Å². The number of amides is 2. The molecule has 1 aliphatic heterocycles.